The third-order valence-corrected chi connectivity index (χ3v) is 3.96. The van der Waals surface area contributed by atoms with Gasteiger partial charge in [-0.25, -0.2) is 4.98 Å². The van der Waals surface area contributed by atoms with Crippen molar-refractivity contribution >= 4 is 5.91 Å². The Kier molecular flexibility index (Phi) is 5.17. The number of amides is 1. The number of nitrogens with zero attached hydrogens (tertiary/aromatic N) is 3. The molecule has 1 saturated heterocycles. The van der Waals surface area contributed by atoms with Crippen LogP contribution in [0.15, 0.2) is 12.1 Å². The van der Waals surface area contributed by atoms with Crippen LogP contribution in [0.5, 0.6) is 5.88 Å². The zero-order valence-electron chi connectivity index (χ0n) is 13.4. The van der Waals surface area contributed by atoms with Gasteiger partial charge in [0.25, 0.3) is 0 Å². The predicted octanol–water partition coefficient (Wildman–Crippen LogP) is 1.88. The molecule has 5 heteroatoms. The first kappa shape index (κ1) is 15.8. The Morgan fingerprint density at radius 1 is 1.29 bits per heavy atom. The van der Waals surface area contributed by atoms with E-state index in [4.69, 9.17) is 4.74 Å². The average molecular weight is 291 g/mol. The summed E-state index contributed by atoms with van der Waals surface area (Å²) in [4.78, 5) is 20.2. The molecule has 21 heavy (non-hydrogen) atoms. The molecule has 5 nitrogen and oxygen atoms in total. The van der Waals surface area contributed by atoms with Gasteiger partial charge in [0.15, 0.2) is 0 Å². The molecule has 1 aromatic rings. The Labute approximate surface area is 126 Å². The van der Waals surface area contributed by atoms with Crippen LogP contribution in [-0.4, -0.2) is 54.0 Å². The first-order chi connectivity index (χ1) is 10.0. The van der Waals surface area contributed by atoms with Crippen LogP contribution in [0.2, 0.25) is 0 Å². The van der Waals surface area contributed by atoms with Gasteiger partial charge in [0, 0.05) is 50.9 Å². The number of hydrogen-bond donors (Lipinski definition) is 0. The summed E-state index contributed by atoms with van der Waals surface area (Å²) in [7, 11) is 1.67. The number of ether oxygens (including phenoxy) is 1. The Morgan fingerprint density at radius 3 is 2.48 bits per heavy atom. The standard InChI is InChI=1S/C16H25N3O2/c1-12(2)15-6-5-14(16(17-15)21-4)11-18-7-9-19(10-8-18)13(3)20/h5-6,12H,7-11H2,1-4H3. The van der Waals surface area contributed by atoms with Gasteiger partial charge < -0.3 is 9.64 Å². The van der Waals surface area contributed by atoms with Crippen molar-refractivity contribution in [2.45, 2.75) is 33.2 Å². The number of methoxy groups -OCH3 is 1. The molecule has 0 atom stereocenters. The molecule has 1 aliphatic heterocycles. The lowest BCUT2D eigenvalue weighted by Crippen LogP contribution is -2.47. The van der Waals surface area contributed by atoms with E-state index >= 15 is 0 Å². The number of carbonyl (C=O) groups excluding carboxylic acids is 1. The van der Waals surface area contributed by atoms with Crippen LogP contribution in [-0.2, 0) is 11.3 Å². The highest BCUT2D eigenvalue weighted by Crippen LogP contribution is 2.22. The van der Waals surface area contributed by atoms with Crippen molar-refractivity contribution in [1.82, 2.24) is 14.8 Å². The van der Waals surface area contributed by atoms with Crippen LogP contribution in [0.3, 0.4) is 0 Å². The van der Waals surface area contributed by atoms with Gasteiger partial charge in [-0.1, -0.05) is 19.9 Å². The van der Waals surface area contributed by atoms with Crippen LogP contribution >= 0.6 is 0 Å². The summed E-state index contributed by atoms with van der Waals surface area (Å²) < 4.78 is 5.43. The fourth-order valence-corrected chi connectivity index (χ4v) is 2.56. The van der Waals surface area contributed by atoms with Gasteiger partial charge in [-0.2, -0.15) is 0 Å². The van der Waals surface area contributed by atoms with Crippen LogP contribution < -0.4 is 4.74 Å². The lowest BCUT2D eigenvalue weighted by molar-refractivity contribution is -0.130. The van der Waals surface area contributed by atoms with Gasteiger partial charge in [-0.3, -0.25) is 9.69 Å². The molecule has 0 spiro atoms. The second-order valence-corrected chi connectivity index (χ2v) is 5.84. The van der Waals surface area contributed by atoms with Gasteiger partial charge in [-0.05, 0) is 12.0 Å². The van der Waals surface area contributed by atoms with Crippen molar-refractivity contribution < 1.29 is 9.53 Å². The number of rotatable bonds is 4. The van der Waals surface area contributed by atoms with Crippen LogP contribution in [0, 0.1) is 0 Å². The molecule has 1 amide bonds. The minimum Gasteiger partial charge on any atom is -0.481 e. The van der Waals surface area contributed by atoms with Gasteiger partial charge in [0.1, 0.15) is 0 Å². The van der Waals surface area contributed by atoms with E-state index in [2.05, 4.69) is 35.9 Å². The van der Waals surface area contributed by atoms with Crippen molar-refractivity contribution in [3.8, 4) is 5.88 Å². The zero-order valence-corrected chi connectivity index (χ0v) is 13.4. The highest BCUT2D eigenvalue weighted by molar-refractivity contribution is 5.73. The maximum absolute atomic E-state index is 11.3. The van der Waals surface area contributed by atoms with E-state index < -0.39 is 0 Å². The lowest BCUT2D eigenvalue weighted by atomic mass is 10.1. The SMILES string of the molecule is COc1nc(C(C)C)ccc1CN1CCN(C(C)=O)CC1. The summed E-state index contributed by atoms with van der Waals surface area (Å²) in [6.45, 7) is 10.1. The maximum atomic E-state index is 11.3. The first-order valence-corrected chi connectivity index (χ1v) is 7.53. The molecule has 1 aromatic heterocycles. The molecule has 0 radical (unpaired) electrons. The summed E-state index contributed by atoms with van der Waals surface area (Å²) >= 11 is 0. The highest BCUT2D eigenvalue weighted by Gasteiger charge is 2.20. The fraction of sp³-hybridized carbons (Fsp3) is 0.625. The monoisotopic (exact) mass is 291 g/mol. The number of aromatic nitrogens is 1. The van der Waals surface area contributed by atoms with Crippen molar-refractivity contribution in [2.24, 2.45) is 0 Å². The third-order valence-electron chi connectivity index (χ3n) is 3.96. The molecule has 0 N–H and O–H groups in total. The second-order valence-electron chi connectivity index (χ2n) is 5.84. The molecule has 116 valence electrons. The second kappa shape index (κ2) is 6.89. The lowest BCUT2D eigenvalue weighted by Gasteiger charge is -2.34. The molecule has 0 saturated carbocycles. The molecule has 2 heterocycles. The fourth-order valence-electron chi connectivity index (χ4n) is 2.56. The first-order valence-electron chi connectivity index (χ1n) is 7.53. The smallest absolute Gasteiger partial charge is 0.219 e. The summed E-state index contributed by atoms with van der Waals surface area (Å²) in [5.41, 5.74) is 2.16. The van der Waals surface area contributed by atoms with Crippen molar-refractivity contribution in [3.05, 3.63) is 23.4 Å². The Bertz CT molecular complexity index is 494. The summed E-state index contributed by atoms with van der Waals surface area (Å²) in [6, 6.07) is 4.19. The Morgan fingerprint density at radius 2 is 1.95 bits per heavy atom. The zero-order chi connectivity index (χ0) is 15.4. The van der Waals surface area contributed by atoms with Crippen molar-refractivity contribution in [3.63, 3.8) is 0 Å². The average Bonchev–Trinajstić information content (AvgIpc) is 2.48. The molecule has 1 fully saturated rings. The number of carbonyl (C=O) groups is 1. The van der Waals surface area contributed by atoms with Crippen molar-refractivity contribution in [2.75, 3.05) is 33.3 Å². The van der Waals surface area contributed by atoms with Gasteiger partial charge >= 0.3 is 0 Å². The van der Waals surface area contributed by atoms with Crippen molar-refractivity contribution in [1.29, 1.82) is 0 Å². The van der Waals surface area contributed by atoms with E-state index in [-0.39, 0.29) is 5.91 Å². The Hall–Kier alpha value is -1.62. The normalized spacial score (nSPS) is 16.3. The maximum Gasteiger partial charge on any atom is 0.219 e. The molecular weight excluding hydrogens is 266 g/mol. The Balaban J connectivity index is 2.02. The van der Waals surface area contributed by atoms with E-state index in [1.54, 1.807) is 14.0 Å². The van der Waals surface area contributed by atoms with E-state index in [0.717, 1.165) is 49.9 Å². The van der Waals surface area contributed by atoms with E-state index in [0.29, 0.717) is 5.92 Å². The van der Waals surface area contributed by atoms with E-state index in [1.807, 2.05) is 4.90 Å². The number of hydrogen-bond acceptors (Lipinski definition) is 4. The summed E-state index contributed by atoms with van der Waals surface area (Å²) in [5, 5.41) is 0. The number of pyridine rings is 1. The van der Waals surface area contributed by atoms with Gasteiger partial charge in [0.2, 0.25) is 11.8 Å². The van der Waals surface area contributed by atoms with Gasteiger partial charge in [0.05, 0.1) is 7.11 Å². The quantitative estimate of drug-likeness (QED) is 0.849. The molecule has 1 aliphatic rings. The molecular formula is C16H25N3O2. The van der Waals surface area contributed by atoms with Crippen LogP contribution in [0.25, 0.3) is 0 Å². The minimum absolute atomic E-state index is 0.162. The van der Waals surface area contributed by atoms with Crippen LogP contribution in [0.1, 0.15) is 37.9 Å². The largest absolute Gasteiger partial charge is 0.481 e. The molecule has 0 unspecified atom stereocenters. The minimum atomic E-state index is 0.162. The third kappa shape index (κ3) is 3.94. The molecule has 0 aromatic carbocycles. The molecule has 2 rings (SSSR count). The summed E-state index contributed by atoms with van der Waals surface area (Å²) in [5.74, 6) is 1.28. The van der Waals surface area contributed by atoms with Gasteiger partial charge in [-0.15, -0.1) is 0 Å². The highest BCUT2D eigenvalue weighted by atomic mass is 16.5. The number of piperazine rings is 1. The predicted molar refractivity (Wildman–Crippen MR) is 82.4 cm³/mol. The molecule has 0 aliphatic carbocycles. The van der Waals surface area contributed by atoms with Crippen LogP contribution in [0.4, 0.5) is 0 Å². The van der Waals surface area contributed by atoms with E-state index in [9.17, 15) is 4.79 Å². The van der Waals surface area contributed by atoms with E-state index in [1.165, 1.54) is 0 Å². The topological polar surface area (TPSA) is 45.7 Å². The summed E-state index contributed by atoms with van der Waals surface area (Å²) in [6.07, 6.45) is 0. The molecule has 0 bridgehead atoms.